The van der Waals surface area contributed by atoms with Crippen LogP contribution in [0.2, 0.25) is 0 Å². The van der Waals surface area contributed by atoms with Gasteiger partial charge in [0, 0.05) is 31.6 Å². The van der Waals surface area contributed by atoms with E-state index in [1.54, 1.807) is 12.1 Å². The largest absolute Gasteiger partial charge is 0.386 e. The number of hydrogen-bond acceptors (Lipinski definition) is 3. The van der Waals surface area contributed by atoms with E-state index < -0.39 is 6.10 Å². The van der Waals surface area contributed by atoms with Gasteiger partial charge in [0.05, 0.1) is 12.6 Å². The summed E-state index contributed by atoms with van der Waals surface area (Å²) in [4.78, 5) is 18.4. The fourth-order valence-corrected chi connectivity index (χ4v) is 2.92. The molecule has 3 N–H and O–H groups in total. The lowest BCUT2D eigenvalue weighted by Crippen LogP contribution is -2.45. The molecule has 1 fully saturated rings. The Morgan fingerprint density at radius 1 is 1.37 bits per heavy atom. The van der Waals surface area contributed by atoms with Gasteiger partial charge in [-0.25, -0.2) is 4.39 Å². The van der Waals surface area contributed by atoms with Gasteiger partial charge in [0.15, 0.2) is 5.96 Å². The topological polar surface area (TPSA) is 77.0 Å². The minimum absolute atomic E-state index is 0. The summed E-state index contributed by atoms with van der Waals surface area (Å²) in [6.07, 6.45) is 0.0669. The number of guanidine groups is 1. The molecule has 1 aromatic rings. The number of aliphatic hydroxyl groups is 1. The molecule has 1 aliphatic heterocycles. The summed E-state index contributed by atoms with van der Waals surface area (Å²) in [5.74, 6) is 0.447. The third-order valence-electron chi connectivity index (χ3n) is 4.36. The minimum Gasteiger partial charge on any atom is -0.386 e. The number of aliphatic hydroxyl groups excluding tert-OH is 1. The number of rotatable bonds is 6. The highest BCUT2D eigenvalue weighted by atomic mass is 127. The SMILES string of the molecule is CCNC(=NCC(O)c1ccc(F)cc1)NC1CCN(C(=O)C(C)C)C1.I. The van der Waals surface area contributed by atoms with Gasteiger partial charge in [0.2, 0.25) is 5.91 Å². The molecule has 0 spiro atoms. The Morgan fingerprint density at radius 3 is 2.63 bits per heavy atom. The van der Waals surface area contributed by atoms with E-state index in [9.17, 15) is 14.3 Å². The maximum atomic E-state index is 13.0. The second-order valence-electron chi connectivity index (χ2n) is 6.86. The lowest BCUT2D eigenvalue weighted by Gasteiger charge is -2.20. The molecule has 0 saturated carbocycles. The van der Waals surface area contributed by atoms with Gasteiger partial charge >= 0.3 is 0 Å². The zero-order chi connectivity index (χ0) is 19.1. The van der Waals surface area contributed by atoms with E-state index in [0.717, 1.165) is 13.0 Å². The number of halogens is 2. The Kier molecular flexibility index (Phi) is 10.00. The Hall–Kier alpha value is -1.42. The number of amides is 1. The van der Waals surface area contributed by atoms with Gasteiger partial charge in [-0.15, -0.1) is 24.0 Å². The standard InChI is InChI=1S/C19H29FN4O2.HI/c1-4-21-19(22-11-17(25)14-5-7-15(20)8-6-14)23-16-9-10-24(12-16)18(26)13(2)3;/h5-8,13,16-17,25H,4,9-12H2,1-3H3,(H2,21,22,23);1H. The first-order valence-electron chi connectivity index (χ1n) is 9.17. The number of carbonyl (C=O) groups excluding carboxylic acids is 1. The van der Waals surface area contributed by atoms with Gasteiger partial charge in [-0.05, 0) is 31.0 Å². The quantitative estimate of drug-likeness (QED) is 0.324. The maximum Gasteiger partial charge on any atom is 0.225 e. The maximum absolute atomic E-state index is 13.0. The van der Waals surface area contributed by atoms with Crippen molar-refractivity contribution in [2.45, 2.75) is 39.3 Å². The monoisotopic (exact) mass is 492 g/mol. The summed E-state index contributed by atoms with van der Waals surface area (Å²) in [5.41, 5.74) is 0.626. The van der Waals surface area contributed by atoms with Crippen LogP contribution in [0.5, 0.6) is 0 Å². The average molecular weight is 492 g/mol. The Labute approximate surface area is 177 Å². The van der Waals surface area contributed by atoms with Crippen molar-refractivity contribution in [2.24, 2.45) is 10.9 Å². The third-order valence-corrected chi connectivity index (χ3v) is 4.36. The van der Waals surface area contributed by atoms with Gasteiger partial charge in [-0.2, -0.15) is 0 Å². The van der Waals surface area contributed by atoms with E-state index in [4.69, 9.17) is 0 Å². The predicted octanol–water partition coefficient (Wildman–Crippen LogP) is 2.29. The molecule has 0 aliphatic carbocycles. The average Bonchev–Trinajstić information content (AvgIpc) is 3.07. The van der Waals surface area contributed by atoms with Crippen LogP contribution in [-0.2, 0) is 4.79 Å². The highest BCUT2D eigenvalue weighted by Gasteiger charge is 2.28. The molecule has 8 heteroatoms. The Bertz CT molecular complexity index is 625. The molecule has 1 aromatic carbocycles. The summed E-state index contributed by atoms with van der Waals surface area (Å²) in [7, 11) is 0. The van der Waals surface area contributed by atoms with Gasteiger partial charge < -0.3 is 20.6 Å². The normalized spacial score (nSPS) is 18.2. The first-order chi connectivity index (χ1) is 12.4. The van der Waals surface area contributed by atoms with Crippen molar-refractivity contribution in [1.82, 2.24) is 15.5 Å². The summed E-state index contributed by atoms with van der Waals surface area (Å²) in [6.45, 7) is 8.05. The number of carbonyl (C=O) groups is 1. The molecule has 152 valence electrons. The smallest absolute Gasteiger partial charge is 0.225 e. The molecule has 0 bridgehead atoms. The predicted molar refractivity (Wildman–Crippen MR) is 116 cm³/mol. The molecule has 1 saturated heterocycles. The fraction of sp³-hybridized carbons (Fsp3) is 0.579. The Morgan fingerprint density at radius 2 is 2.04 bits per heavy atom. The number of benzene rings is 1. The molecule has 1 aliphatic rings. The van der Waals surface area contributed by atoms with Crippen LogP contribution in [0, 0.1) is 11.7 Å². The van der Waals surface area contributed by atoms with Crippen molar-refractivity contribution in [3.8, 4) is 0 Å². The highest BCUT2D eigenvalue weighted by Crippen LogP contribution is 2.15. The molecule has 0 aromatic heterocycles. The zero-order valence-corrected chi connectivity index (χ0v) is 18.4. The second kappa shape index (κ2) is 11.4. The molecule has 27 heavy (non-hydrogen) atoms. The summed E-state index contributed by atoms with van der Waals surface area (Å²) < 4.78 is 13.0. The number of aliphatic imine (C=N–C) groups is 1. The molecular formula is C19H30FIN4O2. The molecule has 1 heterocycles. The van der Waals surface area contributed by atoms with E-state index in [0.29, 0.717) is 24.6 Å². The molecule has 0 radical (unpaired) electrons. The molecule has 6 nitrogen and oxygen atoms in total. The summed E-state index contributed by atoms with van der Waals surface area (Å²) >= 11 is 0. The van der Waals surface area contributed by atoms with E-state index in [1.165, 1.54) is 12.1 Å². The second-order valence-corrected chi connectivity index (χ2v) is 6.86. The molecule has 2 atom stereocenters. The molecule has 1 amide bonds. The number of hydrogen-bond donors (Lipinski definition) is 3. The van der Waals surface area contributed by atoms with Gasteiger partial charge in [0.1, 0.15) is 5.82 Å². The van der Waals surface area contributed by atoms with Gasteiger partial charge in [-0.1, -0.05) is 26.0 Å². The van der Waals surface area contributed by atoms with E-state index in [-0.39, 0.29) is 54.2 Å². The van der Waals surface area contributed by atoms with Crippen LogP contribution in [0.25, 0.3) is 0 Å². The minimum atomic E-state index is -0.798. The summed E-state index contributed by atoms with van der Waals surface area (Å²) in [6, 6.07) is 5.90. The van der Waals surface area contributed by atoms with Crippen LogP contribution >= 0.6 is 24.0 Å². The van der Waals surface area contributed by atoms with E-state index >= 15 is 0 Å². The molecular weight excluding hydrogens is 462 g/mol. The van der Waals surface area contributed by atoms with E-state index in [1.807, 2.05) is 25.7 Å². The Balaban J connectivity index is 0.00000364. The number of nitrogens with zero attached hydrogens (tertiary/aromatic N) is 2. The van der Waals surface area contributed by atoms with Crippen LogP contribution < -0.4 is 10.6 Å². The first-order valence-corrected chi connectivity index (χ1v) is 9.17. The number of likely N-dealkylation sites (tertiary alicyclic amines) is 1. The van der Waals surface area contributed by atoms with Crippen LogP contribution in [-0.4, -0.2) is 54.1 Å². The first kappa shape index (κ1) is 23.6. The van der Waals surface area contributed by atoms with Gasteiger partial charge in [-0.3, -0.25) is 9.79 Å². The van der Waals surface area contributed by atoms with Crippen molar-refractivity contribution in [1.29, 1.82) is 0 Å². The molecule has 2 rings (SSSR count). The lowest BCUT2D eigenvalue weighted by molar-refractivity contribution is -0.133. The third kappa shape index (κ3) is 7.25. The number of nitrogens with one attached hydrogen (secondary N) is 2. The lowest BCUT2D eigenvalue weighted by atomic mass is 10.1. The van der Waals surface area contributed by atoms with E-state index in [2.05, 4.69) is 15.6 Å². The summed E-state index contributed by atoms with van der Waals surface area (Å²) in [5, 5.41) is 16.7. The van der Waals surface area contributed by atoms with Gasteiger partial charge in [0.25, 0.3) is 0 Å². The zero-order valence-electron chi connectivity index (χ0n) is 16.1. The van der Waals surface area contributed by atoms with Crippen molar-refractivity contribution in [3.05, 3.63) is 35.6 Å². The fourth-order valence-electron chi connectivity index (χ4n) is 2.92. The van der Waals surface area contributed by atoms with Crippen LogP contribution in [0.3, 0.4) is 0 Å². The van der Waals surface area contributed by atoms with Crippen molar-refractivity contribution < 1.29 is 14.3 Å². The van der Waals surface area contributed by atoms with Crippen LogP contribution in [0.1, 0.15) is 38.9 Å². The van der Waals surface area contributed by atoms with Crippen molar-refractivity contribution in [3.63, 3.8) is 0 Å². The van der Waals surface area contributed by atoms with Crippen LogP contribution in [0.15, 0.2) is 29.3 Å². The van der Waals surface area contributed by atoms with Crippen molar-refractivity contribution in [2.75, 3.05) is 26.2 Å². The van der Waals surface area contributed by atoms with Crippen molar-refractivity contribution >= 4 is 35.8 Å². The highest BCUT2D eigenvalue weighted by molar-refractivity contribution is 14.0. The van der Waals surface area contributed by atoms with Crippen LogP contribution in [0.4, 0.5) is 4.39 Å². The molecule has 2 unspecified atom stereocenters.